The van der Waals surface area contributed by atoms with E-state index in [2.05, 4.69) is 41.6 Å². The Morgan fingerprint density at radius 2 is 2.05 bits per heavy atom. The van der Waals surface area contributed by atoms with E-state index >= 15 is 0 Å². The first kappa shape index (κ1) is 16.4. The molecule has 0 atom stereocenters. The van der Waals surface area contributed by atoms with E-state index in [1.165, 1.54) is 12.3 Å². The molecule has 0 unspecified atom stereocenters. The minimum atomic E-state index is -3.82. The van der Waals surface area contributed by atoms with Gasteiger partial charge in [-0.3, -0.25) is 4.72 Å². The van der Waals surface area contributed by atoms with Gasteiger partial charge in [0, 0.05) is 10.7 Å². The number of aromatic nitrogens is 1. The third-order valence-corrected chi connectivity index (χ3v) is 6.06. The molecule has 0 amide bonds. The van der Waals surface area contributed by atoms with Crippen LogP contribution in [0.4, 0.5) is 5.82 Å². The van der Waals surface area contributed by atoms with Crippen molar-refractivity contribution in [3.05, 3.63) is 50.5 Å². The van der Waals surface area contributed by atoms with Crippen molar-refractivity contribution in [1.29, 1.82) is 0 Å². The van der Waals surface area contributed by atoms with Gasteiger partial charge in [0.05, 0.1) is 11.1 Å². The first-order valence-corrected chi connectivity index (χ1v) is 8.95. The number of sulfonamides is 1. The van der Waals surface area contributed by atoms with E-state index in [1.54, 1.807) is 25.1 Å². The zero-order valence-corrected chi connectivity index (χ0v) is 15.0. The van der Waals surface area contributed by atoms with Crippen LogP contribution in [0.2, 0.25) is 0 Å². The predicted molar refractivity (Wildman–Crippen MR) is 87.5 cm³/mol. The van der Waals surface area contributed by atoms with Crippen LogP contribution in [0.25, 0.3) is 0 Å². The smallest absolute Gasteiger partial charge is 0.264 e. The van der Waals surface area contributed by atoms with Gasteiger partial charge in [-0.2, -0.15) is 0 Å². The molecule has 5 nitrogen and oxygen atoms in total. The molecule has 112 valence electrons. The van der Waals surface area contributed by atoms with E-state index < -0.39 is 10.0 Å². The predicted octanol–water partition coefficient (Wildman–Crippen LogP) is 3.21. The molecule has 0 saturated heterocycles. The molecule has 1 aromatic heterocycles. The van der Waals surface area contributed by atoms with Crippen LogP contribution in [0.5, 0.6) is 0 Å². The van der Waals surface area contributed by atoms with E-state index in [-0.39, 0.29) is 17.3 Å². The van der Waals surface area contributed by atoms with Crippen molar-refractivity contribution in [2.45, 2.75) is 18.4 Å². The van der Waals surface area contributed by atoms with Gasteiger partial charge in [0.25, 0.3) is 10.0 Å². The molecule has 0 spiro atoms. The van der Waals surface area contributed by atoms with Crippen LogP contribution in [-0.2, 0) is 16.6 Å². The second kappa shape index (κ2) is 6.43. The fourth-order valence-corrected chi connectivity index (χ4v) is 4.32. The molecule has 0 aliphatic carbocycles. The third-order valence-electron chi connectivity index (χ3n) is 2.74. The van der Waals surface area contributed by atoms with Gasteiger partial charge in [-0.1, -0.05) is 6.07 Å². The van der Waals surface area contributed by atoms with Crippen LogP contribution < -0.4 is 4.72 Å². The summed E-state index contributed by atoms with van der Waals surface area (Å²) >= 11 is 6.52. The van der Waals surface area contributed by atoms with Gasteiger partial charge >= 0.3 is 0 Å². The molecule has 2 aromatic rings. The van der Waals surface area contributed by atoms with Crippen molar-refractivity contribution in [3.63, 3.8) is 0 Å². The Kier molecular flexibility index (Phi) is 5.03. The molecule has 0 bridgehead atoms. The van der Waals surface area contributed by atoms with Crippen molar-refractivity contribution < 1.29 is 13.5 Å². The molecule has 1 aromatic carbocycles. The van der Waals surface area contributed by atoms with Crippen molar-refractivity contribution in [2.24, 2.45) is 0 Å². The molecule has 0 aliphatic heterocycles. The van der Waals surface area contributed by atoms with Crippen molar-refractivity contribution in [3.8, 4) is 0 Å². The van der Waals surface area contributed by atoms with E-state index in [1.807, 2.05) is 0 Å². The summed E-state index contributed by atoms with van der Waals surface area (Å²) in [4.78, 5) is 4.04. The summed E-state index contributed by atoms with van der Waals surface area (Å²) in [6.45, 7) is 1.53. The monoisotopic (exact) mass is 434 g/mol. The van der Waals surface area contributed by atoms with E-state index in [9.17, 15) is 13.5 Å². The van der Waals surface area contributed by atoms with Gasteiger partial charge in [-0.05, 0) is 68.1 Å². The molecule has 0 fully saturated rings. The first-order valence-electron chi connectivity index (χ1n) is 5.88. The van der Waals surface area contributed by atoms with Gasteiger partial charge in [0.1, 0.15) is 4.90 Å². The number of hydrogen-bond acceptors (Lipinski definition) is 4. The van der Waals surface area contributed by atoms with Gasteiger partial charge in [0.15, 0.2) is 5.82 Å². The zero-order valence-electron chi connectivity index (χ0n) is 11.0. The van der Waals surface area contributed by atoms with Crippen LogP contribution in [-0.4, -0.2) is 18.5 Å². The fourth-order valence-electron chi connectivity index (χ4n) is 1.74. The maximum atomic E-state index is 12.5. The minimum Gasteiger partial charge on any atom is -0.392 e. The number of anilines is 1. The molecular formula is C13H12Br2N2O3S. The number of aryl methyl sites for hydroxylation is 1. The summed E-state index contributed by atoms with van der Waals surface area (Å²) < 4.78 is 28.4. The lowest BCUT2D eigenvalue weighted by Crippen LogP contribution is -2.15. The minimum absolute atomic E-state index is 0.0594. The van der Waals surface area contributed by atoms with Crippen LogP contribution in [0.3, 0.4) is 0 Å². The largest absolute Gasteiger partial charge is 0.392 e. The Morgan fingerprint density at radius 3 is 2.67 bits per heavy atom. The number of benzene rings is 1. The van der Waals surface area contributed by atoms with Crippen LogP contribution in [0, 0.1) is 6.92 Å². The zero-order chi connectivity index (χ0) is 15.6. The highest BCUT2D eigenvalue weighted by Crippen LogP contribution is 2.30. The highest BCUT2D eigenvalue weighted by atomic mass is 79.9. The summed E-state index contributed by atoms with van der Waals surface area (Å²) in [5.74, 6) is 0.205. The second-order valence-electron chi connectivity index (χ2n) is 4.32. The van der Waals surface area contributed by atoms with E-state index in [4.69, 9.17) is 0 Å². The van der Waals surface area contributed by atoms with Crippen LogP contribution >= 0.6 is 31.9 Å². The van der Waals surface area contributed by atoms with Gasteiger partial charge < -0.3 is 5.11 Å². The number of aliphatic hydroxyl groups is 1. The van der Waals surface area contributed by atoms with Crippen LogP contribution in [0.1, 0.15) is 11.1 Å². The maximum Gasteiger partial charge on any atom is 0.264 e. The molecule has 21 heavy (non-hydrogen) atoms. The summed E-state index contributed by atoms with van der Waals surface area (Å²) in [6, 6.07) is 6.53. The Morgan fingerprint density at radius 1 is 1.33 bits per heavy atom. The number of halogens is 2. The quantitative estimate of drug-likeness (QED) is 0.772. The standard InChI is InChI=1S/C13H12Br2N2O3S/c1-8-5-9(7-18)6-11(12(8)15)21(19,20)17-13-10(14)3-2-4-16-13/h2-6,18H,7H2,1H3,(H,16,17). The second-order valence-corrected chi connectivity index (χ2v) is 7.62. The van der Waals surface area contributed by atoms with Crippen molar-refractivity contribution in [2.75, 3.05) is 4.72 Å². The lowest BCUT2D eigenvalue weighted by molar-refractivity contribution is 0.281. The Balaban J connectivity index is 2.50. The number of hydrogen-bond donors (Lipinski definition) is 2. The molecule has 1 heterocycles. The average molecular weight is 436 g/mol. The number of pyridine rings is 1. The maximum absolute atomic E-state index is 12.5. The topological polar surface area (TPSA) is 79.3 Å². The van der Waals surface area contributed by atoms with E-state index in [0.29, 0.717) is 14.5 Å². The highest BCUT2D eigenvalue weighted by Gasteiger charge is 2.21. The summed E-state index contributed by atoms with van der Waals surface area (Å²) in [6.07, 6.45) is 1.49. The SMILES string of the molecule is Cc1cc(CO)cc(S(=O)(=O)Nc2ncccc2Br)c1Br. The summed E-state index contributed by atoms with van der Waals surface area (Å²) in [7, 11) is -3.82. The summed E-state index contributed by atoms with van der Waals surface area (Å²) in [5, 5.41) is 9.23. The van der Waals surface area contributed by atoms with Crippen molar-refractivity contribution >= 4 is 47.7 Å². The first-order chi connectivity index (χ1) is 9.85. The third kappa shape index (κ3) is 3.63. The van der Waals surface area contributed by atoms with Gasteiger partial charge in [-0.25, -0.2) is 13.4 Å². The molecule has 2 rings (SSSR count). The lowest BCUT2D eigenvalue weighted by Gasteiger charge is -2.13. The number of nitrogens with one attached hydrogen (secondary N) is 1. The van der Waals surface area contributed by atoms with Gasteiger partial charge in [-0.15, -0.1) is 0 Å². The Bertz CT molecular complexity index is 779. The van der Waals surface area contributed by atoms with E-state index in [0.717, 1.165) is 5.56 Å². The molecule has 2 N–H and O–H groups in total. The fraction of sp³-hybridized carbons (Fsp3) is 0.154. The highest BCUT2D eigenvalue weighted by molar-refractivity contribution is 9.11. The van der Waals surface area contributed by atoms with Crippen LogP contribution in [0.15, 0.2) is 44.3 Å². The lowest BCUT2D eigenvalue weighted by atomic mass is 10.1. The normalized spacial score (nSPS) is 11.4. The number of rotatable bonds is 4. The molecule has 0 saturated carbocycles. The summed E-state index contributed by atoms with van der Waals surface area (Å²) in [5.41, 5.74) is 1.25. The van der Waals surface area contributed by atoms with Crippen molar-refractivity contribution in [1.82, 2.24) is 4.98 Å². The molecule has 8 heteroatoms. The Labute approximate surface area is 139 Å². The molecule has 0 aliphatic rings. The van der Waals surface area contributed by atoms with Gasteiger partial charge in [0.2, 0.25) is 0 Å². The number of aliphatic hydroxyl groups excluding tert-OH is 1. The Hall–Kier alpha value is -0.960. The molecular weight excluding hydrogens is 424 g/mol. The molecule has 0 radical (unpaired) electrons. The number of nitrogens with zero attached hydrogens (tertiary/aromatic N) is 1. The average Bonchev–Trinajstić information content (AvgIpc) is 2.43.